The van der Waals surface area contributed by atoms with Crippen LogP contribution < -0.4 is 10.6 Å². The van der Waals surface area contributed by atoms with Crippen molar-refractivity contribution in [1.29, 1.82) is 0 Å². The van der Waals surface area contributed by atoms with Crippen LogP contribution in [0.4, 0.5) is 0 Å². The smallest absolute Gasteiger partial charge is 0.237 e. The zero-order chi connectivity index (χ0) is 13.7. The molecular weight excluding hydrogens is 276 g/mol. The molecule has 0 aromatic heterocycles. The van der Waals surface area contributed by atoms with Gasteiger partial charge in [0.25, 0.3) is 0 Å². The van der Waals surface area contributed by atoms with E-state index in [0.717, 1.165) is 36.9 Å². The second-order valence-electron chi connectivity index (χ2n) is 5.12. The van der Waals surface area contributed by atoms with Crippen molar-refractivity contribution in [2.24, 2.45) is 0 Å². The maximum absolute atomic E-state index is 11.9. The van der Waals surface area contributed by atoms with Crippen LogP contribution in [0.5, 0.6) is 0 Å². The molecule has 0 spiro atoms. The van der Waals surface area contributed by atoms with Crippen LogP contribution in [0.3, 0.4) is 0 Å². The Morgan fingerprint density at radius 3 is 2.85 bits per heavy atom. The number of amides is 1. The van der Waals surface area contributed by atoms with Crippen molar-refractivity contribution in [3.05, 3.63) is 35.4 Å². The highest BCUT2D eigenvalue weighted by Gasteiger charge is 2.21. The molecule has 1 saturated heterocycles. The maximum Gasteiger partial charge on any atom is 0.237 e. The average molecular weight is 299 g/mol. The molecule has 0 bridgehead atoms. The molecule has 1 aromatic rings. The minimum absolute atomic E-state index is 0. The summed E-state index contributed by atoms with van der Waals surface area (Å²) in [6, 6.07) is 7.60. The van der Waals surface area contributed by atoms with Crippen LogP contribution in [-0.2, 0) is 4.79 Å². The Hall–Kier alpha value is -1.10. The molecule has 112 valence electrons. The summed E-state index contributed by atoms with van der Waals surface area (Å²) in [6.07, 6.45) is 2.46. The van der Waals surface area contributed by atoms with Gasteiger partial charge >= 0.3 is 0 Å². The molecule has 1 aliphatic heterocycles. The summed E-state index contributed by atoms with van der Waals surface area (Å²) in [6.45, 7) is 3.13. The van der Waals surface area contributed by atoms with Gasteiger partial charge in [-0.3, -0.25) is 4.79 Å². The van der Waals surface area contributed by atoms with Gasteiger partial charge in [0.1, 0.15) is 0 Å². The molecule has 2 rings (SSSR count). The highest BCUT2D eigenvalue weighted by atomic mass is 35.5. The first kappa shape index (κ1) is 17.0. The SMILES string of the molecule is Cc1ccccc1C(O)CNC(=O)[C@@H]1CCCCN1.Cl. The molecule has 0 aliphatic carbocycles. The minimum Gasteiger partial charge on any atom is -0.387 e. The Morgan fingerprint density at radius 2 is 2.20 bits per heavy atom. The number of nitrogens with one attached hydrogen (secondary N) is 2. The van der Waals surface area contributed by atoms with Gasteiger partial charge in [-0.25, -0.2) is 0 Å². The summed E-state index contributed by atoms with van der Waals surface area (Å²) in [5, 5.41) is 16.1. The monoisotopic (exact) mass is 298 g/mol. The quantitative estimate of drug-likeness (QED) is 0.793. The van der Waals surface area contributed by atoms with E-state index in [1.165, 1.54) is 0 Å². The fourth-order valence-electron chi connectivity index (χ4n) is 2.47. The number of piperidine rings is 1. The number of aliphatic hydroxyl groups is 1. The van der Waals surface area contributed by atoms with Gasteiger partial charge in [0, 0.05) is 6.54 Å². The zero-order valence-electron chi connectivity index (χ0n) is 11.8. The van der Waals surface area contributed by atoms with E-state index in [4.69, 9.17) is 0 Å². The number of halogens is 1. The summed E-state index contributed by atoms with van der Waals surface area (Å²) < 4.78 is 0. The first-order chi connectivity index (χ1) is 9.18. The molecule has 2 atom stereocenters. The van der Waals surface area contributed by atoms with Crippen molar-refractivity contribution >= 4 is 18.3 Å². The molecule has 0 saturated carbocycles. The molecule has 1 heterocycles. The Kier molecular flexibility index (Phi) is 6.99. The number of aryl methyl sites for hydroxylation is 1. The molecule has 3 N–H and O–H groups in total. The number of hydrogen-bond acceptors (Lipinski definition) is 3. The molecule has 1 unspecified atom stereocenters. The van der Waals surface area contributed by atoms with Crippen LogP contribution in [0.2, 0.25) is 0 Å². The Morgan fingerprint density at radius 1 is 1.45 bits per heavy atom. The number of carbonyl (C=O) groups excluding carboxylic acids is 1. The predicted molar refractivity (Wildman–Crippen MR) is 82.0 cm³/mol. The van der Waals surface area contributed by atoms with Gasteiger partial charge in [0.2, 0.25) is 5.91 Å². The van der Waals surface area contributed by atoms with Crippen molar-refractivity contribution in [3.8, 4) is 0 Å². The molecule has 1 amide bonds. The summed E-state index contributed by atoms with van der Waals surface area (Å²) in [7, 11) is 0. The maximum atomic E-state index is 11.9. The topological polar surface area (TPSA) is 61.4 Å². The lowest BCUT2D eigenvalue weighted by Gasteiger charge is -2.23. The van der Waals surface area contributed by atoms with Crippen LogP contribution in [-0.4, -0.2) is 30.1 Å². The van der Waals surface area contributed by atoms with Crippen LogP contribution in [0, 0.1) is 6.92 Å². The van der Waals surface area contributed by atoms with Gasteiger partial charge in [0.15, 0.2) is 0 Å². The third kappa shape index (κ3) is 4.47. The number of aliphatic hydroxyl groups excluding tert-OH is 1. The lowest BCUT2D eigenvalue weighted by atomic mass is 10.0. The Balaban J connectivity index is 0.00000200. The summed E-state index contributed by atoms with van der Waals surface area (Å²) >= 11 is 0. The van der Waals surface area contributed by atoms with Crippen molar-refractivity contribution in [3.63, 3.8) is 0 Å². The average Bonchev–Trinajstić information content (AvgIpc) is 2.46. The van der Waals surface area contributed by atoms with E-state index in [9.17, 15) is 9.90 Å². The third-order valence-corrected chi connectivity index (χ3v) is 3.64. The van der Waals surface area contributed by atoms with Crippen LogP contribution in [0.15, 0.2) is 24.3 Å². The third-order valence-electron chi connectivity index (χ3n) is 3.64. The molecule has 4 nitrogen and oxygen atoms in total. The summed E-state index contributed by atoms with van der Waals surface area (Å²) in [4.78, 5) is 11.9. The van der Waals surface area contributed by atoms with Gasteiger partial charge in [-0.2, -0.15) is 0 Å². The number of benzene rings is 1. The molecule has 5 heteroatoms. The predicted octanol–water partition coefficient (Wildman–Crippen LogP) is 1.71. The summed E-state index contributed by atoms with van der Waals surface area (Å²) in [5.74, 6) is -0.00710. The fraction of sp³-hybridized carbons (Fsp3) is 0.533. The van der Waals surface area contributed by atoms with E-state index >= 15 is 0 Å². The summed E-state index contributed by atoms with van der Waals surface area (Å²) in [5.41, 5.74) is 1.92. The van der Waals surface area contributed by atoms with Crippen molar-refractivity contribution in [1.82, 2.24) is 10.6 Å². The number of rotatable bonds is 4. The van der Waals surface area contributed by atoms with Crippen molar-refractivity contribution < 1.29 is 9.90 Å². The minimum atomic E-state index is -0.645. The highest BCUT2D eigenvalue weighted by molar-refractivity contribution is 5.85. The molecule has 1 fully saturated rings. The largest absolute Gasteiger partial charge is 0.387 e. The van der Waals surface area contributed by atoms with E-state index in [-0.39, 0.29) is 30.9 Å². The lowest BCUT2D eigenvalue weighted by molar-refractivity contribution is -0.124. The molecule has 20 heavy (non-hydrogen) atoms. The van der Waals surface area contributed by atoms with Gasteiger partial charge in [0.05, 0.1) is 12.1 Å². The van der Waals surface area contributed by atoms with Crippen LogP contribution in [0.25, 0.3) is 0 Å². The Bertz CT molecular complexity index is 434. The van der Waals surface area contributed by atoms with E-state index in [0.29, 0.717) is 0 Å². The first-order valence-corrected chi connectivity index (χ1v) is 6.93. The zero-order valence-corrected chi connectivity index (χ0v) is 12.6. The van der Waals surface area contributed by atoms with Gasteiger partial charge in [-0.15, -0.1) is 12.4 Å². The normalized spacial score (nSPS) is 19.8. The van der Waals surface area contributed by atoms with Crippen molar-refractivity contribution in [2.45, 2.75) is 38.3 Å². The van der Waals surface area contributed by atoms with E-state index in [1.54, 1.807) is 0 Å². The molecule has 1 aromatic carbocycles. The standard InChI is InChI=1S/C15H22N2O2.ClH/c1-11-6-2-3-7-12(11)14(18)10-17-15(19)13-8-4-5-9-16-13;/h2-3,6-7,13-14,16,18H,4-5,8-10H2,1H3,(H,17,19);1H/t13-,14?;/m0./s1. The fourth-order valence-corrected chi connectivity index (χ4v) is 2.47. The number of carbonyl (C=O) groups is 1. The second-order valence-corrected chi connectivity index (χ2v) is 5.12. The van der Waals surface area contributed by atoms with Crippen LogP contribution in [0.1, 0.15) is 36.5 Å². The van der Waals surface area contributed by atoms with Gasteiger partial charge in [-0.05, 0) is 37.4 Å². The van der Waals surface area contributed by atoms with E-state index < -0.39 is 6.10 Å². The number of hydrogen-bond donors (Lipinski definition) is 3. The van der Waals surface area contributed by atoms with Crippen LogP contribution >= 0.6 is 12.4 Å². The van der Waals surface area contributed by atoms with E-state index in [2.05, 4.69) is 10.6 Å². The molecule has 1 aliphatic rings. The molecule has 0 radical (unpaired) electrons. The van der Waals surface area contributed by atoms with Crippen molar-refractivity contribution in [2.75, 3.05) is 13.1 Å². The Labute approximate surface area is 126 Å². The highest BCUT2D eigenvalue weighted by Crippen LogP contribution is 2.16. The first-order valence-electron chi connectivity index (χ1n) is 6.93. The van der Waals surface area contributed by atoms with E-state index in [1.807, 2.05) is 31.2 Å². The second kappa shape index (κ2) is 8.25. The lowest BCUT2D eigenvalue weighted by Crippen LogP contribution is -2.47. The van der Waals surface area contributed by atoms with Gasteiger partial charge in [-0.1, -0.05) is 30.7 Å². The van der Waals surface area contributed by atoms with Gasteiger partial charge < -0.3 is 15.7 Å². The molecular formula is C15H23ClN2O2.